The Labute approximate surface area is 168 Å². The molecule has 2 aromatic carbocycles. The first kappa shape index (κ1) is 20.1. The number of nitrogens with one attached hydrogen (secondary N) is 3. The number of para-hydroxylation sites is 2. The van der Waals surface area contributed by atoms with Crippen molar-refractivity contribution in [2.45, 2.75) is 26.4 Å². The molecule has 3 N–H and O–H groups in total. The summed E-state index contributed by atoms with van der Waals surface area (Å²) in [6.07, 6.45) is -0.953. The van der Waals surface area contributed by atoms with E-state index >= 15 is 0 Å². The van der Waals surface area contributed by atoms with E-state index < -0.39 is 18.1 Å². The zero-order valence-corrected chi connectivity index (χ0v) is 16.3. The molecular formula is C22H23N3O4. The van der Waals surface area contributed by atoms with Crippen LogP contribution in [0.5, 0.6) is 0 Å². The standard InChI is InChI=1S/C22H23N3O4/c1-14-20(17-10-6-7-11-18(17)24-14)21(27)15(2)29-19(26)12-13-23-22(28)25-16-8-4-3-5-9-16/h3-11,15,24H,12-13H2,1-2H3,(H2,23,25,28). The molecule has 1 aromatic heterocycles. The van der Waals surface area contributed by atoms with Crippen LogP contribution < -0.4 is 10.6 Å². The minimum Gasteiger partial charge on any atom is -0.454 e. The molecule has 0 bridgehead atoms. The number of Topliss-reactive ketones (excluding diaryl/α,β-unsaturated/α-hetero) is 1. The molecule has 3 aromatic rings. The highest BCUT2D eigenvalue weighted by Crippen LogP contribution is 2.23. The normalized spacial score (nSPS) is 11.7. The smallest absolute Gasteiger partial charge is 0.319 e. The molecule has 1 heterocycles. The van der Waals surface area contributed by atoms with Crippen molar-refractivity contribution >= 4 is 34.4 Å². The van der Waals surface area contributed by atoms with E-state index in [9.17, 15) is 14.4 Å². The van der Waals surface area contributed by atoms with Crippen LogP contribution in [0.4, 0.5) is 10.5 Å². The number of esters is 1. The van der Waals surface area contributed by atoms with E-state index in [2.05, 4.69) is 15.6 Å². The first-order chi connectivity index (χ1) is 14.0. The fraction of sp³-hybridized carbons (Fsp3) is 0.227. The van der Waals surface area contributed by atoms with Crippen molar-refractivity contribution < 1.29 is 19.1 Å². The molecule has 1 atom stereocenters. The summed E-state index contributed by atoms with van der Waals surface area (Å²) in [7, 11) is 0. The monoisotopic (exact) mass is 393 g/mol. The summed E-state index contributed by atoms with van der Waals surface area (Å²) < 4.78 is 5.27. The summed E-state index contributed by atoms with van der Waals surface area (Å²) in [5.41, 5.74) is 2.78. The van der Waals surface area contributed by atoms with Gasteiger partial charge in [-0.25, -0.2) is 4.79 Å². The highest BCUT2D eigenvalue weighted by Gasteiger charge is 2.24. The molecule has 0 spiro atoms. The number of H-pyrrole nitrogens is 1. The fourth-order valence-corrected chi connectivity index (χ4v) is 3.08. The maximum atomic E-state index is 12.8. The molecule has 29 heavy (non-hydrogen) atoms. The second-order valence-electron chi connectivity index (χ2n) is 6.66. The zero-order valence-electron chi connectivity index (χ0n) is 16.3. The Kier molecular flexibility index (Phi) is 6.29. The molecule has 0 saturated carbocycles. The fourth-order valence-electron chi connectivity index (χ4n) is 3.08. The lowest BCUT2D eigenvalue weighted by Crippen LogP contribution is -2.32. The molecule has 0 radical (unpaired) electrons. The summed E-state index contributed by atoms with van der Waals surface area (Å²) >= 11 is 0. The Bertz CT molecular complexity index is 1030. The molecule has 0 aliphatic rings. The number of carbonyl (C=O) groups excluding carboxylic acids is 3. The van der Waals surface area contributed by atoms with Gasteiger partial charge in [-0.2, -0.15) is 0 Å². The van der Waals surface area contributed by atoms with Crippen LogP contribution in [0.15, 0.2) is 54.6 Å². The number of carbonyl (C=O) groups is 3. The molecule has 0 aliphatic carbocycles. The number of rotatable bonds is 7. The quantitative estimate of drug-likeness (QED) is 0.420. The van der Waals surface area contributed by atoms with E-state index in [4.69, 9.17) is 4.74 Å². The van der Waals surface area contributed by atoms with Crippen LogP contribution in [0.1, 0.15) is 29.4 Å². The molecule has 0 saturated heterocycles. The Morgan fingerprint density at radius 3 is 2.48 bits per heavy atom. The number of aryl methyl sites for hydroxylation is 1. The summed E-state index contributed by atoms with van der Waals surface area (Å²) in [5, 5.41) is 6.04. The largest absolute Gasteiger partial charge is 0.454 e. The van der Waals surface area contributed by atoms with Crippen LogP contribution >= 0.6 is 0 Å². The Morgan fingerprint density at radius 2 is 1.72 bits per heavy atom. The number of fused-ring (bicyclic) bond motifs is 1. The lowest BCUT2D eigenvalue weighted by atomic mass is 10.0. The number of anilines is 1. The van der Waals surface area contributed by atoms with Crippen LogP contribution in [0.25, 0.3) is 10.9 Å². The van der Waals surface area contributed by atoms with Crippen molar-refractivity contribution in [1.29, 1.82) is 0 Å². The van der Waals surface area contributed by atoms with E-state index in [1.807, 2.05) is 37.3 Å². The topological polar surface area (TPSA) is 100 Å². The predicted octanol–water partition coefficient (Wildman–Crippen LogP) is 3.80. The van der Waals surface area contributed by atoms with Gasteiger partial charge in [0.05, 0.1) is 6.42 Å². The molecular weight excluding hydrogens is 370 g/mol. The van der Waals surface area contributed by atoms with Crippen molar-refractivity contribution in [1.82, 2.24) is 10.3 Å². The van der Waals surface area contributed by atoms with Gasteiger partial charge in [-0.15, -0.1) is 0 Å². The Balaban J connectivity index is 1.49. The average Bonchev–Trinajstić information content (AvgIpc) is 3.03. The van der Waals surface area contributed by atoms with E-state index in [0.29, 0.717) is 11.3 Å². The third-order valence-electron chi connectivity index (χ3n) is 4.46. The van der Waals surface area contributed by atoms with E-state index in [-0.39, 0.29) is 18.7 Å². The number of urea groups is 1. The van der Waals surface area contributed by atoms with Gasteiger partial charge in [-0.1, -0.05) is 36.4 Å². The van der Waals surface area contributed by atoms with Gasteiger partial charge in [0.1, 0.15) is 0 Å². The van der Waals surface area contributed by atoms with Gasteiger partial charge in [0.25, 0.3) is 0 Å². The summed E-state index contributed by atoms with van der Waals surface area (Å²) in [4.78, 5) is 39.8. The minimum atomic E-state index is -0.918. The van der Waals surface area contributed by atoms with E-state index in [0.717, 1.165) is 16.6 Å². The van der Waals surface area contributed by atoms with Crippen LogP contribution in [0.2, 0.25) is 0 Å². The van der Waals surface area contributed by atoms with Gasteiger partial charge >= 0.3 is 12.0 Å². The molecule has 0 aliphatic heterocycles. The second kappa shape index (κ2) is 9.05. The molecule has 1 unspecified atom stereocenters. The second-order valence-corrected chi connectivity index (χ2v) is 6.66. The predicted molar refractivity (Wildman–Crippen MR) is 111 cm³/mol. The first-order valence-corrected chi connectivity index (χ1v) is 9.36. The lowest BCUT2D eigenvalue weighted by molar-refractivity contribution is -0.146. The van der Waals surface area contributed by atoms with Crippen molar-refractivity contribution in [3.05, 3.63) is 65.9 Å². The van der Waals surface area contributed by atoms with Crippen LogP contribution in [-0.4, -0.2) is 35.4 Å². The number of aromatic nitrogens is 1. The highest BCUT2D eigenvalue weighted by atomic mass is 16.5. The summed E-state index contributed by atoms with van der Waals surface area (Å²) in [6.45, 7) is 3.47. The molecule has 150 valence electrons. The van der Waals surface area contributed by atoms with Gasteiger partial charge in [-0.05, 0) is 32.0 Å². The summed E-state index contributed by atoms with van der Waals surface area (Å²) in [5.74, 6) is -0.813. The maximum absolute atomic E-state index is 12.8. The molecule has 0 fully saturated rings. The maximum Gasteiger partial charge on any atom is 0.319 e. The van der Waals surface area contributed by atoms with Crippen molar-refractivity contribution in [2.75, 3.05) is 11.9 Å². The molecule has 2 amide bonds. The van der Waals surface area contributed by atoms with Crippen LogP contribution in [-0.2, 0) is 9.53 Å². The van der Waals surface area contributed by atoms with Gasteiger partial charge < -0.3 is 20.4 Å². The SMILES string of the molecule is Cc1[nH]c2ccccc2c1C(=O)C(C)OC(=O)CCNC(=O)Nc1ccccc1. The average molecular weight is 393 g/mol. The number of aromatic amines is 1. The van der Waals surface area contributed by atoms with E-state index in [1.54, 1.807) is 31.2 Å². The Hall–Kier alpha value is -3.61. The zero-order chi connectivity index (χ0) is 20.8. The van der Waals surface area contributed by atoms with Crippen molar-refractivity contribution in [3.8, 4) is 0 Å². The third kappa shape index (κ3) is 5.01. The number of amides is 2. The van der Waals surface area contributed by atoms with Crippen molar-refractivity contribution in [3.63, 3.8) is 0 Å². The van der Waals surface area contributed by atoms with Gasteiger partial charge in [0.2, 0.25) is 5.78 Å². The minimum absolute atomic E-state index is 0.0350. The molecule has 3 rings (SSSR count). The number of hydrogen-bond donors (Lipinski definition) is 3. The van der Waals surface area contributed by atoms with Crippen LogP contribution in [0, 0.1) is 6.92 Å². The van der Waals surface area contributed by atoms with Crippen molar-refractivity contribution in [2.24, 2.45) is 0 Å². The molecule has 7 heteroatoms. The number of benzene rings is 2. The lowest BCUT2D eigenvalue weighted by Gasteiger charge is -2.13. The molecule has 7 nitrogen and oxygen atoms in total. The van der Waals surface area contributed by atoms with Gasteiger partial charge in [-0.3, -0.25) is 9.59 Å². The highest BCUT2D eigenvalue weighted by molar-refractivity contribution is 6.11. The van der Waals surface area contributed by atoms with E-state index in [1.165, 1.54) is 0 Å². The van der Waals surface area contributed by atoms with Crippen LogP contribution in [0.3, 0.4) is 0 Å². The number of ether oxygens (including phenoxy) is 1. The first-order valence-electron chi connectivity index (χ1n) is 9.36. The number of hydrogen-bond acceptors (Lipinski definition) is 4. The number of ketones is 1. The van der Waals surface area contributed by atoms with Gasteiger partial charge in [0.15, 0.2) is 6.10 Å². The Morgan fingerprint density at radius 1 is 1.03 bits per heavy atom. The van der Waals surface area contributed by atoms with Gasteiger partial charge in [0, 0.05) is 34.4 Å². The third-order valence-corrected chi connectivity index (χ3v) is 4.46. The summed E-state index contributed by atoms with van der Waals surface area (Å²) in [6, 6.07) is 16.1.